The lowest BCUT2D eigenvalue weighted by atomic mass is 9.98. The van der Waals surface area contributed by atoms with Crippen molar-refractivity contribution < 1.29 is 9.90 Å². The number of aryl methyl sites for hydroxylation is 2. The van der Waals surface area contributed by atoms with Crippen LogP contribution in [0.4, 0.5) is 0 Å². The zero-order valence-electron chi connectivity index (χ0n) is 8.13. The topological polar surface area (TPSA) is 37.3 Å². The van der Waals surface area contributed by atoms with Crippen LogP contribution >= 0.6 is 11.3 Å². The number of thiophene rings is 1. The van der Waals surface area contributed by atoms with Gasteiger partial charge in [-0.25, -0.2) is 0 Å². The van der Waals surface area contributed by atoms with E-state index >= 15 is 0 Å². The van der Waals surface area contributed by atoms with E-state index in [-0.39, 0.29) is 12.3 Å². The molecule has 1 unspecified atom stereocenters. The van der Waals surface area contributed by atoms with E-state index in [2.05, 4.69) is 13.0 Å². The molecule has 0 spiro atoms. The molecule has 1 aromatic rings. The quantitative estimate of drug-likeness (QED) is 0.810. The zero-order chi connectivity index (χ0) is 10.0. The second kappa shape index (κ2) is 3.92. The maximum atomic E-state index is 10.5. The summed E-state index contributed by atoms with van der Waals surface area (Å²) in [4.78, 5) is 13.0. The second-order valence-corrected chi connectivity index (χ2v) is 4.83. The third-order valence-corrected chi connectivity index (χ3v) is 3.07. The highest BCUT2D eigenvalue weighted by Gasteiger charge is 2.13. The number of hydrogen-bond acceptors (Lipinski definition) is 2. The molecule has 0 aliphatic rings. The lowest BCUT2D eigenvalue weighted by molar-refractivity contribution is -0.137. The van der Waals surface area contributed by atoms with Crippen molar-refractivity contribution >= 4 is 17.3 Å². The molecule has 13 heavy (non-hydrogen) atoms. The van der Waals surface area contributed by atoms with Crippen molar-refractivity contribution in [1.29, 1.82) is 0 Å². The van der Waals surface area contributed by atoms with E-state index in [0.717, 1.165) is 0 Å². The largest absolute Gasteiger partial charge is 0.481 e. The summed E-state index contributed by atoms with van der Waals surface area (Å²) in [5, 5.41) is 8.65. The highest BCUT2D eigenvalue weighted by molar-refractivity contribution is 7.12. The number of carboxylic acid groups (broad SMARTS) is 1. The Kier molecular flexibility index (Phi) is 3.09. The lowest BCUT2D eigenvalue weighted by Crippen LogP contribution is -2.02. The molecule has 1 N–H and O–H groups in total. The predicted octanol–water partition coefficient (Wildman–Crippen LogP) is 2.94. The molecule has 0 aliphatic heterocycles. The molecule has 1 atom stereocenters. The molecule has 1 heterocycles. The molecule has 1 aromatic heterocycles. The SMILES string of the molecule is Cc1cc(C(C)CC(=O)O)c(C)s1. The van der Waals surface area contributed by atoms with Crippen molar-refractivity contribution in [3.63, 3.8) is 0 Å². The van der Waals surface area contributed by atoms with Gasteiger partial charge in [0, 0.05) is 9.75 Å². The van der Waals surface area contributed by atoms with Crippen LogP contribution in [0.1, 0.15) is 34.6 Å². The predicted molar refractivity (Wildman–Crippen MR) is 54.5 cm³/mol. The van der Waals surface area contributed by atoms with Gasteiger partial charge in [-0.3, -0.25) is 4.79 Å². The van der Waals surface area contributed by atoms with Gasteiger partial charge in [0.2, 0.25) is 0 Å². The van der Waals surface area contributed by atoms with E-state index in [1.165, 1.54) is 15.3 Å². The Labute approximate surface area is 82.2 Å². The van der Waals surface area contributed by atoms with Crippen molar-refractivity contribution in [1.82, 2.24) is 0 Å². The molecule has 0 aromatic carbocycles. The van der Waals surface area contributed by atoms with Crippen molar-refractivity contribution in [2.75, 3.05) is 0 Å². The van der Waals surface area contributed by atoms with Crippen LogP contribution in [0.2, 0.25) is 0 Å². The monoisotopic (exact) mass is 198 g/mol. The highest BCUT2D eigenvalue weighted by Crippen LogP contribution is 2.29. The van der Waals surface area contributed by atoms with Gasteiger partial charge in [-0.05, 0) is 31.4 Å². The smallest absolute Gasteiger partial charge is 0.303 e. The molecule has 0 saturated heterocycles. The second-order valence-electron chi connectivity index (χ2n) is 3.37. The molecule has 0 bridgehead atoms. The van der Waals surface area contributed by atoms with Gasteiger partial charge in [-0.2, -0.15) is 0 Å². The molecule has 2 nitrogen and oxygen atoms in total. The summed E-state index contributed by atoms with van der Waals surface area (Å²) in [6, 6.07) is 2.09. The van der Waals surface area contributed by atoms with Crippen molar-refractivity contribution in [3.8, 4) is 0 Å². The third kappa shape index (κ3) is 2.56. The van der Waals surface area contributed by atoms with Crippen molar-refractivity contribution in [2.24, 2.45) is 0 Å². The molecule has 1 rings (SSSR count). The molecule has 0 amide bonds. The fourth-order valence-electron chi connectivity index (χ4n) is 1.51. The molecule has 0 aliphatic carbocycles. The molecule has 72 valence electrons. The first-order valence-corrected chi connectivity index (χ1v) is 5.11. The maximum absolute atomic E-state index is 10.5. The Bertz CT molecular complexity index is 315. The van der Waals surface area contributed by atoms with Crippen LogP contribution in [0.5, 0.6) is 0 Å². The van der Waals surface area contributed by atoms with Gasteiger partial charge in [-0.15, -0.1) is 11.3 Å². The van der Waals surface area contributed by atoms with E-state index in [1.807, 2.05) is 13.8 Å². The average molecular weight is 198 g/mol. The summed E-state index contributed by atoms with van der Waals surface area (Å²) < 4.78 is 0. The van der Waals surface area contributed by atoms with E-state index in [9.17, 15) is 4.79 Å². The average Bonchev–Trinajstić information content (AvgIpc) is 2.28. The number of carbonyl (C=O) groups is 1. The van der Waals surface area contributed by atoms with E-state index in [0.29, 0.717) is 0 Å². The minimum atomic E-state index is -0.726. The summed E-state index contributed by atoms with van der Waals surface area (Å²) in [5.74, 6) is -0.599. The first-order valence-electron chi connectivity index (χ1n) is 4.29. The fourth-order valence-corrected chi connectivity index (χ4v) is 2.56. The highest BCUT2D eigenvalue weighted by atomic mass is 32.1. The van der Waals surface area contributed by atoms with Crippen molar-refractivity contribution in [3.05, 3.63) is 21.4 Å². The van der Waals surface area contributed by atoms with Gasteiger partial charge >= 0.3 is 5.97 Å². The molecule has 3 heteroatoms. The van der Waals surface area contributed by atoms with Crippen LogP contribution in [0.25, 0.3) is 0 Å². The molecule has 0 saturated carbocycles. The summed E-state index contributed by atoms with van der Waals surface area (Å²) >= 11 is 1.73. The molecule has 0 radical (unpaired) electrons. The summed E-state index contributed by atoms with van der Waals surface area (Å²) in [6.07, 6.45) is 0.219. The summed E-state index contributed by atoms with van der Waals surface area (Å²) in [5.41, 5.74) is 1.19. The van der Waals surface area contributed by atoms with E-state index in [4.69, 9.17) is 5.11 Å². The van der Waals surface area contributed by atoms with Crippen LogP contribution < -0.4 is 0 Å². The molecule has 0 fully saturated rings. The minimum Gasteiger partial charge on any atom is -0.481 e. The van der Waals surface area contributed by atoms with Crippen molar-refractivity contribution in [2.45, 2.75) is 33.1 Å². The van der Waals surface area contributed by atoms with Crippen LogP contribution in [0, 0.1) is 13.8 Å². The van der Waals surface area contributed by atoms with Crippen LogP contribution in [0.15, 0.2) is 6.07 Å². The minimum absolute atomic E-state index is 0.127. The Morgan fingerprint density at radius 1 is 1.62 bits per heavy atom. The zero-order valence-corrected chi connectivity index (χ0v) is 8.94. The number of rotatable bonds is 3. The van der Waals surface area contributed by atoms with Gasteiger partial charge in [0.1, 0.15) is 0 Å². The molecular weight excluding hydrogens is 184 g/mol. The summed E-state index contributed by atoms with van der Waals surface area (Å²) in [6.45, 7) is 6.06. The van der Waals surface area contributed by atoms with Gasteiger partial charge in [0.05, 0.1) is 6.42 Å². The number of aliphatic carboxylic acids is 1. The third-order valence-electron chi connectivity index (χ3n) is 2.09. The standard InChI is InChI=1S/C10H14O2S/c1-6(4-10(11)12)9-5-7(2)13-8(9)3/h5-6H,4H2,1-3H3,(H,11,12). The number of hydrogen-bond donors (Lipinski definition) is 1. The van der Waals surface area contributed by atoms with E-state index < -0.39 is 5.97 Å². The Hall–Kier alpha value is -0.830. The normalized spacial score (nSPS) is 12.8. The maximum Gasteiger partial charge on any atom is 0.303 e. The molecular formula is C10H14O2S. The number of carboxylic acids is 1. The first kappa shape index (κ1) is 10.3. The Balaban J connectivity index is 2.81. The van der Waals surface area contributed by atoms with E-state index in [1.54, 1.807) is 11.3 Å². The van der Waals surface area contributed by atoms with Gasteiger partial charge in [0.15, 0.2) is 0 Å². The van der Waals surface area contributed by atoms with Gasteiger partial charge in [-0.1, -0.05) is 6.92 Å². The van der Waals surface area contributed by atoms with Crippen LogP contribution in [-0.2, 0) is 4.79 Å². The van der Waals surface area contributed by atoms with Crippen LogP contribution in [-0.4, -0.2) is 11.1 Å². The Morgan fingerprint density at radius 3 is 2.62 bits per heavy atom. The van der Waals surface area contributed by atoms with Crippen LogP contribution in [0.3, 0.4) is 0 Å². The lowest BCUT2D eigenvalue weighted by Gasteiger charge is -2.07. The fraction of sp³-hybridized carbons (Fsp3) is 0.500. The first-order chi connectivity index (χ1) is 6.00. The summed E-state index contributed by atoms with van der Waals surface area (Å²) in [7, 11) is 0. The van der Waals surface area contributed by atoms with Gasteiger partial charge in [0.25, 0.3) is 0 Å². The van der Waals surface area contributed by atoms with Gasteiger partial charge < -0.3 is 5.11 Å². The Morgan fingerprint density at radius 2 is 2.23 bits per heavy atom.